The van der Waals surface area contributed by atoms with Gasteiger partial charge in [-0.1, -0.05) is 5.16 Å². The molecule has 10 heteroatoms. The first-order chi connectivity index (χ1) is 9.93. The lowest BCUT2D eigenvalue weighted by atomic mass is 10.2. The zero-order valence-corrected chi connectivity index (χ0v) is 12.1. The zero-order chi connectivity index (χ0) is 15.6. The molecule has 0 bridgehead atoms. The Morgan fingerprint density at radius 1 is 1.48 bits per heavy atom. The fourth-order valence-electron chi connectivity index (χ4n) is 1.63. The van der Waals surface area contributed by atoms with E-state index >= 15 is 0 Å². The number of carbonyl (C=O) groups excluding carboxylic acids is 2. The second-order valence-electron chi connectivity index (χ2n) is 3.99. The normalized spacial score (nSPS) is 10.4. The van der Waals surface area contributed by atoms with Gasteiger partial charge in [-0.2, -0.15) is 4.98 Å². The van der Waals surface area contributed by atoms with E-state index in [2.05, 4.69) is 20.2 Å². The van der Waals surface area contributed by atoms with Crippen molar-refractivity contribution in [3.8, 4) is 0 Å². The van der Waals surface area contributed by atoms with Gasteiger partial charge in [-0.05, 0) is 0 Å². The van der Waals surface area contributed by atoms with Crippen molar-refractivity contribution in [3.05, 3.63) is 22.2 Å². The van der Waals surface area contributed by atoms with Gasteiger partial charge in [-0.25, -0.2) is 4.79 Å². The molecule has 0 aliphatic rings. The van der Waals surface area contributed by atoms with Crippen LogP contribution in [0, 0.1) is 6.92 Å². The molecule has 9 nitrogen and oxygen atoms in total. The van der Waals surface area contributed by atoms with Gasteiger partial charge in [-0.3, -0.25) is 4.79 Å². The minimum Gasteiger partial charge on any atom is -0.465 e. The van der Waals surface area contributed by atoms with Gasteiger partial charge in [0.2, 0.25) is 5.89 Å². The highest BCUT2D eigenvalue weighted by Gasteiger charge is 2.25. The van der Waals surface area contributed by atoms with Crippen molar-refractivity contribution in [2.45, 2.75) is 13.5 Å². The molecule has 0 saturated heterocycles. The molecule has 0 aromatic carbocycles. The average Bonchev–Trinajstić information content (AvgIpc) is 2.99. The van der Waals surface area contributed by atoms with Crippen LogP contribution in [-0.4, -0.2) is 29.1 Å². The Balaban J connectivity index is 2.30. The summed E-state index contributed by atoms with van der Waals surface area (Å²) in [7, 11) is 1.22. The molecule has 2 heterocycles. The zero-order valence-electron chi connectivity index (χ0n) is 11.3. The summed E-state index contributed by atoms with van der Waals surface area (Å²) in [5.74, 6) is -0.562. The number of primary amides is 1. The molecule has 0 spiro atoms. The quantitative estimate of drug-likeness (QED) is 0.677. The van der Waals surface area contributed by atoms with Gasteiger partial charge in [0.1, 0.15) is 15.4 Å². The van der Waals surface area contributed by atoms with Gasteiger partial charge in [0.25, 0.3) is 5.91 Å². The van der Waals surface area contributed by atoms with E-state index < -0.39 is 11.9 Å². The number of methoxy groups -OCH3 is 1. The van der Waals surface area contributed by atoms with Gasteiger partial charge >= 0.3 is 5.97 Å². The number of thiophene rings is 1. The van der Waals surface area contributed by atoms with Crippen LogP contribution in [0.1, 0.15) is 31.7 Å². The molecule has 0 fully saturated rings. The standard InChI is InChI=1S/C11H13N5O4S/c1-4-15-5(16-20-4)3-14-10-6(11(18)19-2)7(12)8(21-10)9(13)17/h14H,3,12H2,1-2H3,(H2,13,17). The van der Waals surface area contributed by atoms with Crippen LogP contribution in [0.2, 0.25) is 0 Å². The van der Waals surface area contributed by atoms with Gasteiger partial charge in [0, 0.05) is 6.92 Å². The number of nitrogen functional groups attached to an aromatic ring is 1. The average molecular weight is 311 g/mol. The van der Waals surface area contributed by atoms with Crippen molar-refractivity contribution in [2.24, 2.45) is 5.73 Å². The van der Waals surface area contributed by atoms with Crippen molar-refractivity contribution >= 4 is 33.9 Å². The number of nitrogens with zero attached hydrogens (tertiary/aromatic N) is 2. The van der Waals surface area contributed by atoms with Crippen LogP contribution in [0.5, 0.6) is 0 Å². The van der Waals surface area contributed by atoms with E-state index in [1.54, 1.807) is 6.92 Å². The molecule has 21 heavy (non-hydrogen) atoms. The number of aromatic nitrogens is 2. The Hall–Kier alpha value is -2.62. The lowest BCUT2D eigenvalue weighted by Gasteiger charge is -2.04. The Morgan fingerprint density at radius 2 is 2.19 bits per heavy atom. The van der Waals surface area contributed by atoms with Gasteiger partial charge in [0.15, 0.2) is 5.82 Å². The Labute approximate surface area is 123 Å². The lowest BCUT2D eigenvalue weighted by Crippen LogP contribution is -2.13. The molecule has 0 aliphatic heterocycles. The molecule has 0 aliphatic carbocycles. The van der Waals surface area contributed by atoms with Crippen LogP contribution >= 0.6 is 11.3 Å². The SMILES string of the molecule is COC(=O)c1c(NCc2noc(C)n2)sc(C(N)=O)c1N. The largest absolute Gasteiger partial charge is 0.465 e. The molecule has 0 unspecified atom stereocenters. The van der Waals surface area contributed by atoms with Gasteiger partial charge in [0.05, 0.1) is 19.3 Å². The fraction of sp³-hybridized carbons (Fsp3) is 0.273. The highest BCUT2D eigenvalue weighted by molar-refractivity contribution is 7.19. The van der Waals surface area contributed by atoms with Crippen molar-refractivity contribution < 1.29 is 18.8 Å². The van der Waals surface area contributed by atoms with Crippen molar-refractivity contribution in [1.82, 2.24) is 10.1 Å². The first-order valence-corrected chi connectivity index (χ1v) is 6.59. The summed E-state index contributed by atoms with van der Waals surface area (Å²) in [5.41, 5.74) is 11.1. The van der Waals surface area contributed by atoms with Gasteiger partial charge < -0.3 is 26.0 Å². The third kappa shape index (κ3) is 2.94. The molecule has 2 aromatic rings. The third-order valence-corrected chi connectivity index (χ3v) is 3.71. The van der Waals surface area contributed by atoms with Crippen LogP contribution in [0.3, 0.4) is 0 Å². The second kappa shape index (κ2) is 5.79. The van der Waals surface area contributed by atoms with Crippen LogP contribution in [0.15, 0.2) is 4.52 Å². The minimum absolute atomic E-state index is 0.00820. The maximum Gasteiger partial charge on any atom is 0.343 e. The van der Waals surface area contributed by atoms with Crippen LogP contribution in [0.4, 0.5) is 10.7 Å². The number of rotatable bonds is 5. The highest BCUT2D eigenvalue weighted by Crippen LogP contribution is 2.36. The number of ether oxygens (including phenoxy) is 1. The monoisotopic (exact) mass is 311 g/mol. The maximum atomic E-state index is 11.8. The number of nitrogens with one attached hydrogen (secondary N) is 1. The first kappa shape index (κ1) is 14.8. The summed E-state index contributed by atoms with van der Waals surface area (Å²) < 4.78 is 9.48. The fourth-order valence-corrected chi connectivity index (χ4v) is 2.59. The molecule has 0 radical (unpaired) electrons. The number of anilines is 2. The molecule has 0 atom stereocenters. The number of nitrogens with two attached hydrogens (primary N) is 2. The summed E-state index contributed by atoms with van der Waals surface area (Å²) in [4.78, 5) is 27.2. The van der Waals surface area contributed by atoms with Crippen LogP contribution in [-0.2, 0) is 11.3 Å². The Morgan fingerprint density at radius 3 is 2.71 bits per heavy atom. The first-order valence-electron chi connectivity index (χ1n) is 5.77. The van der Waals surface area contributed by atoms with Gasteiger partial charge in [-0.15, -0.1) is 11.3 Å². The van der Waals surface area contributed by atoms with E-state index in [1.165, 1.54) is 7.11 Å². The molecule has 2 rings (SSSR count). The number of aryl methyl sites for hydroxylation is 1. The van der Waals surface area contributed by atoms with E-state index in [0.29, 0.717) is 16.7 Å². The highest BCUT2D eigenvalue weighted by atomic mass is 32.1. The van der Waals surface area contributed by atoms with Crippen molar-refractivity contribution in [2.75, 3.05) is 18.2 Å². The van der Waals surface area contributed by atoms with E-state index in [-0.39, 0.29) is 22.7 Å². The second-order valence-corrected chi connectivity index (χ2v) is 5.01. The lowest BCUT2D eigenvalue weighted by molar-refractivity contribution is 0.0603. The molecule has 5 N–H and O–H groups in total. The van der Waals surface area contributed by atoms with E-state index in [4.69, 9.17) is 16.0 Å². The predicted octanol–water partition coefficient (Wildman–Crippen LogP) is 0.519. The Bertz CT molecular complexity index is 693. The Kier molecular flexibility index (Phi) is 4.08. The van der Waals surface area contributed by atoms with E-state index in [0.717, 1.165) is 11.3 Å². The van der Waals surface area contributed by atoms with E-state index in [1.807, 2.05) is 0 Å². The van der Waals surface area contributed by atoms with E-state index in [9.17, 15) is 9.59 Å². The third-order valence-electron chi connectivity index (χ3n) is 2.54. The number of hydrogen-bond acceptors (Lipinski definition) is 9. The summed E-state index contributed by atoms with van der Waals surface area (Å²) in [6, 6.07) is 0. The number of amides is 1. The minimum atomic E-state index is -0.717. The van der Waals surface area contributed by atoms with Crippen molar-refractivity contribution in [3.63, 3.8) is 0 Å². The van der Waals surface area contributed by atoms with Crippen molar-refractivity contribution in [1.29, 1.82) is 0 Å². The number of hydrogen-bond donors (Lipinski definition) is 3. The maximum absolute atomic E-state index is 11.8. The molecule has 1 amide bonds. The molecular formula is C11H13N5O4S. The smallest absolute Gasteiger partial charge is 0.343 e. The van der Waals surface area contributed by atoms with Crippen LogP contribution in [0.25, 0.3) is 0 Å². The number of carbonyl (C=O) groups is 2. The molecular weight excluding hydrogens is 298 g/mol. The summed E-state index contributed by atoms with van der Waals surface area (Å²) in [5, 5.41) is 6.98. The predicted molar refractivity (Wildman–Crippen MR) is 75.0 cm³/mol. The van der Waals surface area contributed by atoms with Crippen LogP contribution < -0.4 is 16.8 Å². The summed E-state index contributed by atoms with van der Waals surface area (Å²) in [6.45, 7) is 1.85. The molecule has 2 aromatic heterocycles. The topological polar surface area (TPSA) is 146 Å². The summed E-state index contributed by atoms with van der Waals surface area (Å²) >= 11 is 0.966. The number of esters is 1. The molecule has 0 saturated carbocycles. The summed E-state index contributed by atoms with van der Waals surface area (Å²) in [6.07, 6.45) is 0. The molecule has 112 valence electrons.